The van der Waals surface area contributed by atoms with Crippen molar-refractivity contribution in [2.75, 3.05) is 29.4 Å². The van der Waals surface area contributed by atoms with Gasteiger partial charge in [0.15, 0.2) is 6.23 Å². The number of rotatable bonds is 3. The van der Waals surface area contributed by atoms with Crippen LogP contribution in [0.3, 0.4) is 0 Å². The highest BCUT2D eigenvalue weighted by atomic mass is 16.6. The van der Waals surface area contributed by atoms with Crippen LogP contribution >= 0.6 is 0 Å². The second-order valence-corrected chi connectivity index (χ2v) is 13.1. The zero-order valence-corrected chi connectivity index (χ0v) is 25.9. The molecule has 1 aromatic carbocycles. The normalized spacial score (nSPS) is 27.9. The lowest BCUT2D eigenvalue weighted by molar-refractivity contribution is -0.117. The van der Waals surface area contributed by atoms with Gasteiger partial charge >= 0.3 is 6.09 Å². The maximum absolute atomic E-state index is 13.9. The largest absolute Gasteiger partial charge is 0.430 e. The molecular formula is C34H48N6O3. The Balaban J connectivity index is 1.23. The first-order chi connectivity index (χ1) is 20.9. The number of ether oxygens (including phenoxy) is 1. The molecule has 9 heteroatoms. The van der Waals surface area contributed by atoms with Crippen LogP contribution in [0.15, 0.2) is 42.7 Å². The summed E-state index contributed by atoms with van der Waals surface area (Å²) in [5, 5.41) is 11.9. The van der Waals surface area contributed by atoms with Gasteiger partial charge in [0, 0.05) is 30.8 Å². The van der Waals surface area contributed by atoms with Crippen LogP contribution in [0.2, 0.25) is 0 Å². The van der Waals surface area contributed by atoms with Gasteiger partial charge in [-0.15, -0.1) is 0 Å². The van der Waals surface area contributed by atoms with Gasteiger partial charge in [-0.2, -0.15) is 5.10 Å². The molecule has 2 aromatic rings. The molecule has 43 heavy (non-hydrogen) atoms. The van der Waals surface area contributed by atoms with Gasteiger partial charge in [0.05, 0.1) is 29.7 Å². The number of fused-ring (bicyclic) bond motifs is 1. The standard InChI is InChI=1S/C34H48N6O3/c1-25-23-38(33(42)43-32-11-10-18-34(37-32)16-8-6-4-3-5-7-9-17-34)31-21-27(12-13-30(31)40(25)26(2)41)28-22-36-39(24-28)29-14-19-35-20-15-29/h6,8,12-13,21-22,24-25,29,32,35,37H,3-5,7,9-11,14-20,23H2,1-2H3/b8-6-/t25-,32?,34?/m0/s1. The summed E-state index contributed by atoms with van der Waals surface area (Å²) in [4.78, 5) is 30.2. The minimum Gasteiger partial charge on any atom is -0.430 e. The predicted molar refractivity (Wildman–Crippen MR) is 170 cm³/mol. The Morgan fingerprint density at radius 1 is 0.977 bits per heavy atom. The van der Waals surface area contributed by atoms with Gasteiger partial charge < -0.3 is 15.0 Å². The van der Waals surface area contributed by atoms with Crippen molar-refractivity contribution in [1.82, 2.24) is 20.4 Å². The van der Waals surface area contributed by atoms with E-state index in [-0.39, 0.29) is 29.8 Å². The fraction of sp³-hybridized carbons (Fsp3) is 0.618. The van der Waals surface area contributed by atoms with Crippen molar-refractivity contribution in [3.63, 3.8) is 0 Å². The second kappa shape index (κ2) is 13.2. The molecule has 4 heterocycles. The number of hydrogen-bond acceptors (Lipinski definition) is 6. The molecule has 2 amide bonds. The van der Waals surface area contributed by atoms with E-state index in [1.54, 1.807) is 16.7 Å². The van der Waals surface area contributed by atoms with Gasteiger partial charge in [-0.3, -0.25) is 19.7 Å². The first-order valence-corrected chi connectivity index (χ1v) is 16.5. The molecule has 2 unspecified atom stereocenters. The van der Waals surface area contributed by atoms with E-state index in [4.69, 9.17) is 4.74 Å². The molecule has 3 aliphatic heterocycles. The molecule has 0 saturated carbocycles. The fourth-order valence-corrected chi connectivity index (χ4v) is 7.57. The third-order valence-corrected chi connectivity index (χ3v) is 9.87. The lowest BCUT2D eigenvalue weighted by Gasteiger charge is -2.44. The molecule has 0 radical (unpaired) electrons. The maximum Gasteiger partial charge on any atom is 0.416 e. The lowest BCUT2D eigenvalue weighted by Crippen LogP contribution is -2.57. The number of nitrogens with zero attached hydrogens (tertiary/aromatic N) is 4. The molecule has 9 nitrogen and oxygen atoms in total. The van der Waals surface area contributed by atoms with Crippen molar-refractivity contribution in [1.29, 1.82) is 0 Å². The van der Waals surface area contributed by atoms with Gasteiger partial charge in [-0.1, -0.05) is 37.5 Å². The molecule has 1 aromatic heterocycles. The van der Waals surface area contributed by atoms with Crippen LogP contribution in [0.1, 0.15) is 96.9 Å². The number of benzene rings is 1. The molecule has 2 saturated heterocycles. The van der Waals surface area contributed by atoms with E-state index in [1.807, 2.05) is 31.3 Å². The average Bonchev–Trinajstić information content (AvgIpc) is 3.51. The van der Waals surface area contributed by atoms with E-state index in [9.17, 15) is 9.59 Å². The Morgan fingerprint density at radius 2 is 1.79 bits per heavy atom. The van der Waals surface area contributed by atoms with Crippen molar-refractivity contribution in [3.8, 4) is 11.1 Å². The number of piperidine rings is 2. The van der Waals surface area contributed by atoms with Crippen LogP contribution in [0.5, 0.6) is 0 Å². The van der Waals surface area contributed by atoms with Gasteiger partial charge in [0.2, 0.25) is 5.91 Å². The zero-order valence-electron chi connectivity index (χ0n) is 25.9. The molecule has 2 fully saturated rings. The first-order valence-electron chi connectivity index (χ1n) is 16.5. The van der Waals surface area contributed by atoms with Crippen LogP contribution in [-0.2, 0) is 9.53 Å². The Hall–Kier alpha value is -3.17. The van der Waals surface area contributed by atoms with E-state index in [1.165, 1.54) is 25.7 Å². The molecule has 1 aliphatic carbocycles. The number of carbonyl (C=O) groups is 2. The molecular weight excluding hydrogens is 540 g/mol. The Morgan fingerprint density at radius 3 is 2.63 bits per heavy atom. The van der Waals surface area contributed by atoms with Gasteiger partial charge in [-0.25, -0.2) is 4.79 Å². The number of carbonyl (C=O) groups excluding carboxylic acids is 2. The van der Waals surface area contributed by atoms with Crippen molar-refractivity contribution in [2.45, 2.75) is 115 Å². The van der Waals surface area contributed by atoms with Crippen molar-refractivity contribution >= 4 is 23.4 Å². The fourth-order valence-electron chi connectivity index (χ4n) is 7.57. The monoisotopic (exact) mass is 588 g/mol. The maximum atomic E-state index is 13.9. The number of amides is 2. The average molecular weight is 589 g/mol. The molecule has 2 N–H and O–H groups in total. The van der Waals surface area contributed by atoms with E-state index < -0.39 is 0 Å². The third-order valence-electron chi connectivity index (χ3n) is 9.87. The van der Waals surface area contributed by atoms with E-state index in [0.29, 0.717) is 18.3 Å². The highest BCUT2D eigenvalue weighted by Crippen LogP contribution is 2.40. The second-order valence-electron chi connectivity index (χ2n) is 13.1. The minimum atomic E-state index is -0.358. The summed E-state index contributed by atoms with van der Waals surface area (Å²) in [6.45, 7) is 5.96. The summed E-state index contributed by atoms with van der Waals surface area (Å²) in [6.07, 6.45) is 21.3. The molecule has 232 valence electrons. The number of aromatic nitrogens is 2. The van der Waals surface area contributed by atoms with Crippen LogP contribution < -0.4 is 20.4 Å². The van der Waals surface area contributed by atoms with Crippen molar-refractivity contribution in [2.24, 2.45) is 0 Å². The predicted octanol–water partition coefficient (Wildman–Crippen LogP) is 6.31. The van der Waals surface area contributed by atoms with Gasteiger partial charge in [0.1, 0.15) is 0 Å². The van der Waals surface area contributed by atoms with Crippen molar-refractivity contribution in [3.05, 3.63) is 42.7 Å². The zero-order chi connectivity index (χ0) is 29.8. The number of nitrogens with one attached hydrogen (secondary N) is 2. The van der Waals surface area contributed by atoms with Gasteiger partial charge in [-0.05, 0) is 95.5 Å². The van der Waals surface area contributed by atoms with Crippen LogP contribution in [-0.4, -0.2) is 59.2 Å². The highest BCUT2D eigenvalue weighted by molar-refractivity contribution is 6.03. The van der Waals surface area contributed by atoms with Crippen molar-refractivity contribution < 1.29 is 14.3 Å². The number of anilines is 2. The Bertz CT molecular complexity index is 1320. The third kappa shape index (κ3) is 6.68. The number of allylic oxidation sites excluding steroid dienone is 1. The van der Waals surface area contributed by atoms with E-state index in [2.05, 4.69) is 38.8 Å². The van der Waals surface area contributed by atoms with Crippen LogP contribution in [0.4, 0.5) is 16.2 Å². The highest BCUT2D eigenvalue weighted by Gasteiger charge is 2.39. The smallest absolute Gasteiger partial charge is 0.416 e. The Labute approximate surface area is 256 Å². The summed E-state index contributed by atoms with van der Waals surface area (Å²) in [5.74, 6) is -0.0341. The van der Waals surface area contributed by atoms with Gasteiger partial charge in [0.25, 0.3) is 0 Å². The number of hydrogen-bond donors (Lipinski definition) is 2. The molecule has 3 atom stereocenters. The van der Waals surface area contributed by atoms with E-state index >= 15 is 0 Å². The summed E-state index contributed by atoms with van der Waals surface area (Å²) in [5.41, 5.74) is 3.40. The van der Waals surface area contributed by atoms with Crippen LogP contribution in [0.25, 0.3) is 11.1 Å². The molecule has 0 bridgehead atoms. The minimum absolute atomic E-state index is 0.0166. The van der Waals surface area contributed by atoms with E-state index in [0.717, 1.165) is 81.3 Å². The Kier molecular flexibility index (Phi) is 9.19. The quantitative estimate of drug-likeness (QED) is 0.408. The molecule has 4 aliphatic rings. The topological polar surface area (TPSA) is 91.7 Å². The summed E-state index contributed by atoms with van der Waals surface area (Å²) in [6, 6.07) is 6.23. The SMILES string of the molecule is CC(=O)N1c2ccc(-c3cnn(C4CCNCC4)c3)cc2N(C(=O)OC2CCCC3(C/C=C\CCCCCC3)N2)C[C@@H]1C. The summed E-state index contributed by atoms with van der Waals surface area (Å²) >= 11 is 0. The first kappa shape index (κ1) is 29.9. The molecule has 6 rings (SSSR count). The molecule has 1 spiro atoms. The summed E-state index contributed by atoms with van der Waals surface area (Å²) in [7, 11) is 0. The van der Waals surface area contributed by atoms with Crippen LogP contribution in [0, 0.1) is 0 Å². The summed E-state index contributed by atoms with van der Waals surface area (Å²) < 4.78 is 8.32. The lowest BCUT2D eigenvalue weighted by atomic mass is 9.80.